The number of nitrogens with one attached hydrogen (secondary N) is 1. The van der Waals surface area contributed by atoms with Crippen LogP contribution in [0.5, 0.6) is 0 Å². The number of nitrogens with zero attached hydrogens (tertiary/aromatic N) is 3. The van der Waals surface area contributed by atoms with Gasteiger partial charge in [-0.1, -0.05) is 23.7 Å². The molecule has 2 heterocycles. The van der Waals surface area contributed by atoms with E-state index in [9.17, 15) is 4.79 Å². The van der Waals surface area contributed by atoms with Gasteiger partial charge in [-0.15, -0.1) is 12.4 Å². The Hall–Kier alpha value is -1.73. The minimum absolute atomic E-state index is 0. The van der Waals surface area contributed by atoms with Crippen molar-refractivity contribution < 1.29 is 9.53 Å². The van der Waals surface area contributed by atoms with Crippen molar-refractivity contribution in [2.24, 2.45) is 0 Å². The first-order chi connectivity index (χ1) is 15.0. The lowest BCUT2D eigenvalue weighted by Crippen LogP contribution is -2.14. The second-order valence-electron chi connectivity index (χ2n) is 8.43. The second kappa shape index (κ2) is 13.7. The molecule has 1 aliphatic heterocycles. The van der Waals surface area contributed by atoms with Crippen molar-refractivity contribution in [2.45, 2.75) is 57.5 Å². The van der Waals surface area contributed by atoms with Crippen LogP contribution in [0.2, 0.25) is 5.02 Å². The van der Waals surface area contributed by atoms with E-state index in [0.29, 0.717) is 35.7 Å². The van der Waals surface area contributed by atoms with Crippen LogP contribution in [0.3, 0.4) is 0 Å². The molecule has 1 aromatic carbocycles. The van der Waals surface area contributed by atoms with E-state index in [-0.39, 0.29) is 12.4 Å². The smallest absolute Gasteiger partial charge is 0.227 e. The van der Waals surface area contributed by atoms with E-state index in [0.717, 1.165) is 68.6 Å². The van der Waals surface area contributed by atoms with Crippen molar-refractivity contribution in [1.82, 2.24) is 14.9 Å². The molecule has 0 spiro atoms. The lowest BCUT2D eigenvalue weighted by atomic mass is 10.0. The molecule has 1 atom stereocenters. The van der Waals surface area contributed by atoms with Crippen LogP contribution in [0.1, 0.15) is 49.8 Å². The Balaban J connectivity index is 0.00000363. The lowest BCUT2D eigenvalue weighted by Gasteiger charge is -2.11. The van der Waals surface area contributed by atoms with Crippen molar-refractivity contribution >= 4 is 41.4 Å². The quantitative estimate of drug-likeness (QED) is 0.447. The van der Waals surface area contributed by atoms with Gasteiger partial charge in [-0.05, 0) is 76.9 Å². The van der Waals surface area contributed by atoms with Gasteiger partial charge in [0.2, 0.25) is 5.95 Å². The fourth-order valence-electron chi connectivity index (χ4n) is 3.69. The topological polar surface area (TPSA) is 67.4 Å². The maximum absolute atomic E-state index is 12.0. The predicted octanol–water partition coefficient (Wildman–Crippen LogP) is 5.25. The van der Waals surface area contributed by atoms with Gasteiger partial charge in [-0.25, -0.2) is 9.97 Å². The summed E-state index contributed by atoms with van der Waals surface area (Å²) in [7, 11) is 4.06. The van der Waals surface area contributed by atoms with E-state index in [4.69, 9.17) is 16.3 Å². The highest BCUT2D eigenvalue weighted by Crippen LogP contribution is 2.22. The first kappa shape index (κ1) is 26.5. The number of hydrogen-bond donors (Lipinski definition) is 1. The number of rotatable bonds is 12. The van der Waals surface area contributed by atoms with Gasteiger partial charge in [-0.3, -0.25) is 4.79 Å². The number of Topliss-reactive ketones (excluding diaryl/α,β-unsaturated/α-hetero) is 1. The summed E-state index contributed by atoms with van der Waals surface area (Å²) >= 11 is 6.29. The second-order valence-corrected chi connectivity index (χ2v) is 8.84. The molecule has 0 saturated carbocycles. The van der Waals surface area contributed by atoms with Crippen molar-refractivity contribution in [3.63, 3.8) is 0 Å². The molecule has 32 heavy (non-hydrogen) atoms. The van der Waals surface area contributed by atoms with Crippen LogP contribution in [0, 0.1) is 0 Å². The number of hydrogen-bond acceptors (Lipinski definition) is 6. The van der Waals surface area contributed by atoms with E-state index < -0.39 is 0 Å². The molecular formula is C24H34Cl2N4O2. The molecule has 8 heteroatoms. The van der Waals surface area contributed by atoms with Crippen molar-refractivity contribution in [3.05, 3.63) is 46.7 Å². The molecule has 2 aromatic rings. The Morgan fingerprint density at radius 2 is 2.00 bits per heavy atom. The Bertz CT molecular complexity index is 840. The summed E-state index contributed by atoms with van der Waals surface area (Å²) in [6.45, 7) is 1.81. The zero-order chi connectivity index (χ0) is 22.1. The minimum atomic E-state index is 0. The molecule has 1 saturated heterocycles. The molecule has 0 radical (unpaired) electrons. The zero-order valence-corrected chi connectivity index (χ0v) is 20.6. The summed E-state index contributed by atoms with van der Waals surface area (Å²) in [5, 5.41) is 3.84. The van der Waals surface area contributed by atoms with E-state index in [1.54, 1.807) is 6.20 Å². The third kappa shape index (κ3) is 9.02. The summed E-state index contributed by atoms with van der Waals surface area (Å²) in [4.78, 5) is 23.0. The first-order valence-corrected chi connectivity index (χ1v) is 11.5. The summed E-state index contributed by atoms with van der Waals surface area (Å²) < 4.78 is 5.69. The number of aryl methyl sites for hydroxylation is 2. The highest BCUT2D eigenvalue weighted by molar-refractivity contribution is 6.31. The Labute approximate surface area is 202 Å². The number of aromatic nitrogens is 2. The number of carbonyl (C=O) groups excluding carboxylic acids is 1. The average molecular weight is 481 g/mol. The van der Waals surface area contributed by atoms with Gasteiger partial charge >= 0.3 is 0 Å². The van der Waals surface area contributed by atoms with Gasteiger partial charge in [0.1, 0.15) is 5.78 Å². The molecule has 1 unspecified atom stereocenters. The summed E-state index contributed by atoms with van der Waals surface area (Å²) in [6.07, 6.45) is 8.86. The number of carbonyl (C=O) groups is 1. The molecule has 176 valence electrons. The van der Waals surface area contributed by atoms with Gasteiger partial charge in [0, 0.05) is 25.1 Å². The van der Waals surface area contributed by atoms with Crippen LogP contribution in [-0.2, 0) is 22.4 Å². The first-order valence-electron chi connectivity index (χ1n) is 11.1. The van der Waals surface area contributed by atoms with E-state index in [1.807, 2.05) is 38.4 Å². The van der Waals surface area contributed by atoms with Crippen molar-refractivity contribution in [3.8, 4) is 0 Å². The molecule has 0 amide bonds. The van der Waals surface area contributed by atoms with Crippen molar-refractivity contribution in [2.75, 3.05) is 32.6 Å². The molecule has 0 aliphatic carbocycles. The Morgan fingerprint density at radius 1 is 1.22 bits per heavy atom. The maximum Gasteiger partial charge on any atom is 0.227 e. The number of ketones is 1. The standard InChI is InChI=1S/C24H33ClN4O2.ClH/c1-29(2)15-3-5-20(30)12-9-18-7-10-19(11-8-18)27-24-26-17-22(25)23(28-24)14-13-21-6-4-16-31-21;/h7-8,10-11,17,21H,3-6,9,12-16H2,1-2H3,(H,26,27,28);1H. The van der Waals surface area contributed by atoms with Crippen LogP contribution in [0.15, 0.2) is 30.5 Å². The van der Waals surface area contributed by atoms with Gasteiger partial charge in [0.05, 0.1) is 23.0 Å². The van der Waals surface area contributed by atoms with Crippen LogP contribution in [0.4, 0.5) is 11.6 Å². The normalized spacial score (nSPS) is 15.6. The van der Waals surface area contributed by atoms with Gasteiger partial charge in [0.15, 0.2) is 0 Å². The predicted molar refractivity (Wildman–Crippen MR) is 132 cm³/mol. The van der Waals surface area contributed by atoms with Crippen LogP contribution >= 0.6 is 24.0 Å². The molecule has 1 aromatic heterocycles. The number of benzene rings is 1. The molecule has 1 N–H and O–H groups in total. The maximum atomic E-state index is 12.0. The third-order valence-corrected chi connectivity index (χ3v) is 5.82. The monoisotopic (exact) mass is 480 g/mol. The SMILES string of the molecule is CN(C)CCCC(=O)CCc1ccc(Nc2ncc(Cl)c(CCC3CCCO3)n2)cc1.Cl. The molecular weight excluding hydrogens is 447 g/mol. The summed E-state index contributed by atoms with van der Waals surface area (Å²) in [5.41, 5.74) is 2.91. The highest BCUT2D eigenvalue weighted by atomic mass is 35.5. The fourth-order valence-corrected chi connectivity index (χ4v) is 3.88. The van der Waals surface area contributed by atoms with Crippen LogP contribution in [-0.4, -0.2) is 54.0 Å². The fraction of sp³-hybridized carbons (Fsp3) is 0.542. The number of ether oxygens (including phenoxy) is 1. The van der Waals surface area contributed by atoms with E-state index >= 15 is 0 Å². The summed E-state index contributed by atoms with van der Waals surface area (Å²) in [6, 6.07) is 8.08. The molecule has 1 aliphatic rings. The molecule has 6 nitrogen and oxygen atoms in total. The molecule has 1 fully saturated rings. The van der Waals surface area contributed by atoms with Crippen LogP contribution in [0.25, 0.3) is 0 Å². The van der Waals surface area contributed by atoms with Gasteiger partial charge in [-0.2, -0.15) is 0 Å². The minimum Gasteiger partial charge on any atom is -0.378 e. The number of halogens is 2. The van der Waals surface area contributed by atoms with E-state index in [1.165, 1.54) is 0 Å². The number of anilines is 2. The average Bonchev–Trinajstić information content (AvgIpc) is 3.27. The largest absolute Gasteiger partial charge is 0.378 e. The molecule has 3 rings (SSSR count). The van der Waals surface area contributed by atoms with E-state index in [2.05, 4.69) is 20.2 Å². The van der Waals surface area contributed by atoms with Gasteiger partial charge < -0.3 is 15.0 Å². The van der Waals surface area contributed by atoms with Crippen LogP contribution < -0.4 is 5.32 Å². The Kier molecular flexibility index (Phi) is 11.4. The van der Waals surface area contributed by atoms with Gasteiger partial charge in [0.25, 0.3) is 0 Å². The highest BCUT2D eigenvalue weighted by Gasteiger charge is 2.16. The van der Waals surface area contributed by atoms with Crippen molar-refractivity contribution in [1.29, 1.82) is 0 Å². The lowest BCUT2D eigenvalue weighted by molar-refractivity contribution is -0.119. The third-order valence-electron chi connectivity index (χ3n) is 5.51. The molecule has 0 bridgehead atoms. The zero-order valence-electron chi connectivity index (χ0n) is 19.0. The Morgan fingerprint density at radius 3 is 2.69 bits per heavy atom. The summed E-state index contributed by atoms with van der Waals surface area (Å²) in [5.74, 6) is 0.865.